The van der Waals surface area contributed by atoms with Crippen LogP contribution in [0.1, 0.15) is 23.2 Å². The summed E-state index contributed by atoms with van der Waals surface area (Å²) in [7, 11) is -3.98. The minimum Gasteiger partial charge on any atom is -0.548 e. The first-order valence-electron chi connectivity index (χ1n) is 5.88. The summed E-state index contributed by atoms with van der Waals surface area (Å²) in [5.41, 5.74) is -0.151. The third kappa shape index (κ3) is 2.52. The Morgan fingerprint density at radius 2 is 1.75 bits per heavy atom. The summed E-state index contributed by atoms with van der Waals surface area (Å²) in [6.45, 7) is 0.100. The normalized spacial score (nSPS) is 19.9. The molecular formula is C12H11NO6S-2. The molecule has 0 N–H and O–H groups in total. The van der Waals surface area contributed by atoms with Crippen molar-refractivity contribution in [2.24, 2.45) is 0 Å². The van der Waals surface area contributed by atoms with Crippen LogP contribution < -0.4 is 10.2 Å². The van der Waals surface area contributed by atoms with Crippen LogP contribution in [0.15, 0.2) is 29.2 Å². The largest absolute Gasteiger partial charge is 0.548 e. The van der Waals surface area contributed by atoms with Crippen LogP contribution in [0.5, 0.6) is 0 Å². The van der Waals surface area contributed by atoms with Gasteiger partial charge in [0.25, 0.3) is 0 Å². The fraction of sp³-hybridized carbons (Fsp3) is 0.333. The van der Waals surface area contributed by atoms with Crippen LogP contribution in [0.4, 0.5) is 0 Å². The molecule has 1 saturated heterocycles. The molecule has 0 aromatic heterocycles. The number of carboxylic acids is 2. The SMILES string of the molecule is O=C([O-])c1ccc(S(=O)(=O)N2CCC[C@@H]2C(=O)[O-])cc1. The van der Waals surface area contributed by atoms with Crippen molar-refractivity contribution in [1.82, 2.24) is 4.31 Å². The molecule has 1 aliphatic heterocycles. The third-order valence-electron chi connectivity index (χ3n) is 3.17. The minimum atomic E-state index is -3.98. The maximum Gasteiger partial charge on any atom is 0.243 e. The predicted molar refractivity (Wildman–Crippen MR) is 62.7 cm³/mol. The van der Waals surface area contributed by atoms with Crippen molar-refractivity contribution in [2.45, 2.75) is 23.8 Å². The molecule has 0 spiro atoms. The Bertz CT molecular complexity index is 636. The molecule has 0 bridgehead atoms. The van der Waals surface area contributed by atoms with E-state index in [2.05, 4.69) is 0 Å². The van der Waals surface area contributed by atoms with Gasteiger partial charge in [0.2, 0.25) is 10.0 Å². The summed E-state index contributed by atoms with van der Waals surface area (Å²) < 4.78 is 25.5. The van der Waals surface area contributed by atoms with Crippen molar-refractivity contribution >= 4 is 22.0 Å². The lowest BCUT2D eigenvalue weighted by Gasteiger charge is -2.24. The fourth-order valence-electron chi connectivity index (χ4n) is 2.16. The summed E-state index contributed by atoms with van der Waals surface area (Å²) in [5, 5.41) is 21.5. The summed E-state index contributed by atoms with van der Waals surface area (Å²) in [6.07, 6.45) is 0.647. The molecule has 0 aliphatic carbocycles. The molecule has 1 aromatic rings. The Morgan fingerprint density at radius 1 is 1.15 bits per heavy atom. The lowest BCUT2D eigenvalue weighted by molar-refractivity contribution is -0.309. The molecule has 0 unspecified atom stereocenters. The van der Waals surface area contributed by atoms with Crippen LogP contribution in [-0.4, -0.2) is 37.2 Å². The van der Waals surface area contributed by atoms with E-state index < -0.39 is 28.0 Å². The van der Waals surface area contributed by atoms with Crippen LogP contribution in [0, 0.1) is 0 Å². The van der Waals surface area contributed by atoms with E-state index in [9.17, 15) is 28.2 Å². The van der Waals surface area contributed by atoms with E-state index in [-0.39, 0.29) is 23.4 Å². The quantitative estimate of drug-likeness (QED) is 0.631. The van der Waals surface area contributed by atoms with Crippen LogP contribution in [0.3, 0.4) is 0 Å². The molecule has 0 radical (unpaired) electrons. The van der Waals surface area contributed by atoms with Crippen LogP contribution in [-0.2, 0) is 14.8 Å². The fourth-order valence-corrected chi connectivity index (χ4v) is 3.81. The lowest BCUT2D eigenvalue weighted by atomic mass is 10.2. The third-order valence-corrected chi connectivity index (χ3v) is 5.09. The van der Waals surface area contributed by atoms with E-state index in [1.54, 1.807) is 0 Å². The number of carboxylic acid groups (broad SMARTS) is 2. The minimum absolute atomic E-state index is 0.100. The molecule has 1 atom stereocenters. The van der Waals surface area contributed by atoms with Gasteiger partial charge in [0, 0.05) is 6.54 Å². The summed E-state index contributed by atoms with van der Waals surface area (Å²) >= 11 is 0. The number of carbonyl (C=O) groups excluding carboxylic acids is 2. The van der Waals surface area contributed by atoms with Gasteiger partial charge in [-0.1, -0.05) is 12.1 Å². The zero-order chi connectivity index (χ0) is 14.9. The van der Waals surface area contributed by atoms with Crippen molar-refractivity contribution in [2.75, 3.05) is 6.54 Å². The first-order chi connectivity index (χ1) is 9.34. The highest BCUT2D eigenvalue weighted by molar-refractivity contribution is 7.89. The van der Waals surface area contributed by atoms with Gasteiger partial charge >= 0.3 is 0 Å². The Hall–Kier alpha value is -1.93. The molecular weight excluding hydrogens is 286 g/mol. The van der Waals surface area contributed by atoms with E-state index in [0.717, 1.165) is 28.6 Å². The number of hydrogen-bond donors (Lipinski definition) is 0. The van der Waals surface area contributed by atoms with Crippen molar-refractivity contribution in [3.05, 3.63) is 29.8 Å². The molecule has 20 heavy (non-hydrogen) atoms. The van der Waals surface area contributed by atoms with Gasteiger partial charge in [-0.3, -0.25) is 0 Å². The van der Waals surface area contributed by atoms with Crippen LogP contribution in [0.25, 0.3) is 0 Å². The standard InChI is InChI=1S/C12H13NO6S/c14-11(15)8-3-5-9(6-4-8)20(18,19)13-7-1-2-10(13)12(16)17/h3-6,10H,1-2,7H2,(H,14,15)(H,16,17)/p-2/t10-/m1/s1. The Balaban J connectivity index is 2.35. The molecule has 0 amide bonds. The van der Waals surface area contributed by atoms with E-state index in [1.165, 1.54) is 0 Å². The zero-order valence-electron chi connectivity index (χ0n) is 10.3. The number of benzene rings is 1. The summed E-state index contributed by atoms with van der Waals surface area (Å²) in [5.74, 6) is -2.85. The molecule has 108 valence electrons. The Morgan fingerprint density at radius 3 is 2.25 bits per heavy atom. The van der Waals surface area contributed by atoms with E-state index in [0.29, 0.717) is 6.42 Å². The van der Waals surface area contributed by atoms with Gasteiger partial charge < -0.3 is 19.8 Å². The van der Waals surface area contributed by atoms with Gasteiger partial charge in [0.15, 0.2) is 0 Å². The highest BCUT2D eigenvalue weighted by atomic mass is 32.2. The van der Waals surface area contributed by atoms with Crippen LogP contribution >= 0.6 is 0 Å². The summed E-state index contributed by atoms with van der Waals surface area (Å²) in [6, 6.07) is 3.26. The Labute approximate surface area is 115 Å². The highest BCUT2D eigenvalue weighted by Crippen LogP contribution is 2.25. The second-order valence-corrected chi connectivity index (χ2v) is 6.30. The molecule has 7 nitrogen and oxygen atoms in total. The molecule has 1 fully saturated rings. The number of hydrogen-bond acceptors (Lipinski definition) is 6. The first kappa shape index (κ1) is 14.5. The van der Waals surface area contributed by atoms with Gasteiger partial charge in [-0.15, -0.1) is 0 Å². The van der Waals surface area contributed by atoms with Gasteiger partial charge in [-0.25, -0.2) is 8.42 Å². The smallest absolute Gasteiger partial charge is 0.243 e. The second kappa shape index (κ2) is 5.22. The molecule has 1 aliphatic rings. The average molecular weight is 297 g/mol. The monoisotopic (exact) mass is 297 g/mol. The van der Waals surface area contributed by atoms with Gasteiger partial charge in [-0.2, -0.15) is 4.31 Å². The molecule has 8 heteroatoms. The lowest BCUT2D eigenvalue weighted by Crippen LogP contribution is -2.46. The van der Waals surface area contributed by atoms with E-state index >= 15 is 0 Å². The van der Waals surface area contributed by atoms with Gasteiger partial charge in [-0.05, 0) is 30.5 Å². The predicted octanol–water partition coefficient (Wildman–Crippen LogP) is -2.05. The van der Waals surface area contributed by atoms with Crippen molar-refractivity contribution in [1.29, 1.82) is 0 Å². The number of nitrogens with zero attached hydrogens (tertiary/aromatic N) is 1. The molecule has 2 rings (SSSR count). The maximum absolute atomic E-state index is 12.3. The molecule has 0 saturated carbocycles. The first-order valence-corrected chi connectivity index (χ1v) is 7.32. The van der Waals surface area contributed by atoms with E-state index in [4.69, 9.17) is 0 Å². The number of sulfonamides is 1. The molecule has 1 aromatic carbocycles. The average Bonchev–Trinajstić information content (AvgIpc) is 2.89. The zero-order valence-corrected chi connectivity index (χ0v) is 11.1. The topological polar surface area (TPSA) is 118 Å². The second-order valence-electron chi connectivity index (χ2n) is 4.40. The van der Waals surface area contributed by atoms with Crippen LogP contribution in [0.2, 0.25) is 0 Å². The summed E-state index contributed by atoms with van der Waals surface area (Å²) in [4.78, 5) is 21.4. The molecule has 1 heterocycles. The van der Waals surface area contributed by atoms with Gasteiger partial charge in [0.05, 0.1) is 22.9 Å². The van der Waals surface area contributed by atoms with E-state index in [1.807, 2.05) is 0 Å². The highest BCUT2D eigenvalue weighted by Gasteiger charge is 2.35. The number of aliphatic carboxylic acids is 1. The van der Waals surface area contributed by atoms with Gasteiger partial charge in [0.1, 0.15) is 0 Å². The number of carbonyl (C=O) groups is 2. The Kier molecular flexibility index (Phi) is 3.78. The van der Waals surface area contributed by atoms with Crippen molar-refractivity contribution in [3.63, 3.8) is 0 Å². The number of aromatic carboxylic acids is 1. The van der Waals surface area contributed by atoms with Crippen molar-refractivity contribution in [3.8, 4) is 0 Å². The maximum atomic E-state index is 12.3. The van der Waals surface area contributed by atoms with Crippen molar-refractivity contribution < 1.29 is 28.2 Å². The number of rotatable bonds is 4.